The first-order valence-electron chi connectivity index (χ1n) is 9.88. The number of nitrogens with one attached hydrogen (secondary N) is 1. The normalized spacial score (nSPS) is 13.0. The summed E-state index contributed by atoms with van der Waals surface area (Å²) in [6, 6.07) is 10.9. The molecule has 0 fully saturated rings. The molecule has 0 bridgehead atoms. The number of fused-ring (bicyclic) bond motifs is 1. The zero-order valence-corrected chi connectivity index (χ0v) is 16.0. The molecule has 0 unspecified atom stereocenters. The predicted molar refractivity (Wildman–Crippen MR) is 109 cm³/mol. The van der Waals surface area contributed by atoms with Crippen LogP contribution < -0.4 is 10.1 Å². The van der Waals surface area contributed by atoms with E-state index in [1.165, 1.54) is 32.1 Å². The number of ether oxygens (including phenoxy) is 1. The average Bonchev–Trinajstić information content (AvgIpc) is 2.68. The molecule has 1 aliphatic rings. The molecule has 1 aliphatic heterocycles. The van der Waals surface area contributed by atoms with E-state index < -0.39 is 0 Å². The van der Waals surface area contributed by atoms with E-state index in [0.29, 0.717) is 12.3 Å². The molecule has 0 saturated heterocycles. The molecule has 0 aromatic heterocycles. The Kier molecular flexibility index (Phi) is 6.77. The molecule has 0 atom stereocenters. The highest BCUT2D eigenvalue weighted by molar-refractivity contribution is 5.70. The van der Waals surface area contributed by atoms with Gasteiger partial charge in [0.25, 0.3) is 0 Å². The van der Waals surface area contributed by atoms with Crippen molar-refractivity contribution >= 4 is 5.57 Å². The SMILES string of the molecule is CCCCCCCNCc1cc2c(cc1O)OC=C(c1ccc(O)cc1)C2. The molecule has 2 aromatic rings. The van der Waals surface area contributed by atoms with E-state index >= 15 is 0 Å². The molecule has 3 N–H and O–H groups in total. The first-order valence-corrected chi connectivity index (χ1v) is 9.88. The Labute approximate surface area is 161 Å². The molecule has 0 spiro atoms. The predicted octanol–water partition coefficient (Wildman–Crippen LogP) is 5.13. The second-order valence-corrected chi connectivity index (χ2v) is 7.16. The fourth-order valence-electron chi connectivity index (χ4n) is 3.36. The van der Waals surface area contributed by atoms with Crippen LogP contribution in [0.1, 0.15) is 55.7 Å². The van der Waals surface area contributed by atoms with Crippen molar-refractivity contribution in [1.82, 2.24) is 5.32 Å². The molecule has 4 nitrogen and oxygen atoms in total. The third-order valence-corrected chi connectivity index (χ3v) is 4.98. The van der Waals surface area contributed by atoms with Gasteiger partial charge in [-0.3, -0.25) is 0 Å². The van der Waals surface area contributed by atoms with Crippen molar-refractivity contribution in [2.75, 3.05) is 6.54 Å². The van der Waals surface area contributed by atoms with Crippen molar-refractivity contribution < 1.29 is 14.9 Å². The number of allylic oxidation sites excluding steroid dienone is 1. The molecule has 1 heterocycles. The smallest absolute Gasteiger partial charge is 0.133 e. The fraction of sp³-hybridized carbons (Fsp3) is 0.391. The molecule has 0 amide bonds. The third kappa shape index (κ3) is 5.27. The first-order chi connectivity index (χ1) is 13.2. The number of aromatic hydroxyl groups is 2. The van der Waals surface area contributed by atoms with Crippen LogP contribution >= 0.6 is 0 Å². The number of phenolic OH excluding ortho intramolecular Hbond substituents is 2. The monoisotopic (exact) mass is 367 g/mol. The maximum absolute atomic E-state index is 10.3. The van der Waals surface area contributed by atoms with Gasteiger partial charge < -0.3 is 20.3 Å². The van der Waals surface area contributed by atoms with Crippen molar-refractivity contribution in [3.05, 3.63) is 59.4 Å². The number of phenols is 2. The second kappa shape index (κ2) is 9.47. The van der Waals surface area contributed by atoms with Gasteiger partial charge in [0.1, 0.15) is 17.2 Å². The van der Waals surface area contributed by atoms with Gasteiger partial charge in [-0.25, -0.2) is 0 Å². The summed E-state index contributed by atoms with van der Waals surface area (Å²) < 4.78 is 5.73. The van der Waals surface area contributed by atoms with E-state index in [9.17, 15) is 10.2 Å². The summed E-state index contributed by atoms with van der Waals surface area (Å²) in [4.78, 5) is 0. The summed E-state index contributed by atoms with van der Waals surface area (Å²) in [6.07, 6.45) is 8.76. The minimum atomic E-state index is 0.254. The molecular formula is C23H29NO3. The Bertz CT molecular complexity index is 781. The number of benzene rings is 2. The molecule has 0 radical (unpaired) electrons. The Hall–Kier alpha value is -2.46. The van der Waals surface area contributed by atoms with Crippen LogP contribution in [0.3, 0.4) is 0 Å². The van der Waals surface area contributed by atoms with Crippen molar-refractivity contribution in [2.24, 2.45) is 0 Å². The van der Waals surface area contributed by atoms with Gasteiger partial charge in [-0.15, -0.1) is 0 Å². The Morgan fingerprint density at radius 3 is 2.56 bits per heavy atom. The number of unbranched alkanes of at least 4 members (excludes halogenated alkanes) is 4. The van der Waals surface area contributed by atoms with Gasteiger partial charge in [-0.05, 0) is 47.9 Å². The van der Waals surface area contributed by atoms with Crippen molar-refractivity contribution in [2.45, 2.75) is 52.0 Å². The van der Waals surface area contributed by atoms with Crippen LogP contribution in [0.4, 0.5) is 0 Å². The lowest BCUT2D eigenvalue weighted by molar-refractivity contribution is 0.440. The highest BCUT2D eigenvalue weighted by Crippen LogP contribution is 2.35. The van der Waals surface area contributed by atoms with E-state index in [1.54, 1.807) is 24.5 Å². The van der Waals surface area contributed by atoms with Crippen LogP contribution in [-0.4, -0.2) is 16.8 Å². The van der Waals surface area contributed by atoms with E-state index in [-0.39, 0.29) is 11.5 Å². The Morgan fingerprint density at radius 1 is 1.00 bits per heavy atom. The molecular weight excluding hydrogens is 338 g/mol. The summed E-state index contributed by atoms with van der Waals surface area (Å²) >= 11 is 0. The molecule has 3 rings (SSSR count). The van der Waals surface area contributed by atoms with Crippen molar-refractivity contribution in [3.63, 3.8) is 0 Å². The minimum Gasteiger partial charge on any atom is -0.508 e. The van der Waals surface area contributed by atoms with Crippen LogP contribution in [0, 0.1) is 0 Å². The molecule has 0 aliphatic carbocycles. The van der Waals surface area contributed by atoms with Gasteiger partial charge in [0.2, 0.25) is 0 Å². The van der Waals surface area contributed by atoms with Crippen LogP contribution in [0.15, 0.2) is 42.7 Å². The van der Waals surface area contributed by atoms with Gasteiger partial charge in [0, 0.05) is 24.6 Å². The topological polar surface area (TPSA) is 61.7 Å². The quantitative estimate of drug-likeness (QED) is 0.538. The van der Waals surface area contributed by atoms with Gasteiger partial charge in [0.15, 0.2) is 0 Å². The molecule has 2 aromatic carbocycles. The van der Waals surface area contributed by atoms with E-state index in [4.69, 9.17) is 4.74 Å². The minimum absolute atomic E-state index is 0.254. The molecule has 144 valence electrons. The van der Waals surface area contributed by atoms with Gasteiger partial charge >= 0.3 is 0 Å². The van der Waals surface area contributed by atoms with E-state index in [0.717, 1.165) is 35.2 Å². The highest BCUT2D eigenvalue weighted by Gasteiger charge is 2.17. The van der Waals surface area contributed by atoms with Gasteiger partial charge in [-0.1, -0.05) is 44.7 Å². The maximum Gasteiger partial charge on any atom is 0.133 e. The Morgan fingerprint density at radius 2 is 1.78 bits per heavy atom. The lowest BCUT2D eigenvalue weighted by Crippen LogP contribution is -2.15. The maximum atomic E-state index is 10.3. The number of rotatable bonds is 9. The second-order valence-electron chi connectivity index (χ2n) is 7.16. The van der Waals surface area contributed by atoms with Crippen LogP contribution in [-0.2, 0) is 13.0 Å². The van der Waals surface area contributed by atoms with Crippen LogP contribution in [0.25, 0.3) is 5.57 Å². The Balaban J connectivity index is 1.59. The summed E-state index contributed by atoms with van der Waals surface area (Å²) in [7, 11) is 0. The van der Waals surface area contributed by atoms with Gasteiger partial charge in [0.05, 0.1) is 6.26 Å². The lowest BCUT2D eigenvalue weighted by atomic mass is 9.95. The number of hydrogen-bond donors (Lipinski definition) is 3. The van der Waals surface area contributed by atoms with Crippen molar-refractivity contribution in [3.8, 4) is 17.2 Å². The standard InChI is InChI=1S/C23H29NO3/c1-2-3-4-5-6-11-24-15-19-12-18-13-20(16-27-23(18)14-22(19)26)17-7-9-21(25)10-8-17/h7-10,12,14,16,24-26H,2-6,11,13,15H2,1H3. The zero-order valence-electron chi connectivity index (χ0n) is 16.0. The largest absolute Gasteiger partial charge is 0.508 e. The summed E-state index contributed by atoms with van der Waals surface area (Å²) in [5.74, 6) is 1.23. The average molecular weight is 367 g/mol. The third-order valence-electron chi connectivity index (χ3n) is 4.98. The molecule has 0 saturated carbocycles. The first kappa shape index (κ1) is 19.3. The van der Waals surface area contributed by atoms with Crippen molar-refractivity contribution in [1.29, 1.82) is 0 Å². The zero-order chi connectivity index (χ0) is 19.1. The fourth-order valence-corrected chi connectivity index (χ4v) is 3.36. The molecule has 27 heavy (non-hydrogen) atoms. The molecule has 4 heteroatoms. The lowest BCUT2D eigenvalue weighted by Gasteiger charge is -2.19. The summed E-state index contributed by atoms with van der Waals surface area (Å²) in [5, 5.41) is 23.2. The van der Waals surface area contributed by atoms with Gasteiger partial charge in [-0.2, -0.15) is 0 Å². The highest BCUT2D eigenvalue weighted by atomic mass is 16.5. The van der Waals surface area contributed by atoms with E-state index in [2.05, 4.69) is 12.2 Å². The van der Waals surface area contributed by atoms with E-state index in [1.807, 2.05) is 18.2 Å². The van der Waals surface area contributed by atoms with Crippen LogP contribution in [0.2, 0.25) is 0 Å². The summed E-state index contributed by atoms with van der Waals surface area (Å²) in [5.41, 5.74) is 4.05. The number of hydrogen-bond acceptors (Lipinski definition) is 4. The summed E-state index contributed by atoms with van der Waals surface area (Å²) in [6.45, 7) is 3.85. The van der Waals surface area contributed by atoms with Crippen LogP contribution in [0.5, 0.6) is 17.2 Å².